The second-order valence-corrected chi connectivity index (χ2v) is 11.2. The molecule has 0 radical (unpaired) electrons. The summed E-state index contributed by atoms with van der Waals surface area (Å²) >= 11 is 13.5. The maximum absolute atomic E-state index is 13.8. The van der Waals surface area contributed by atoms with Crippen molar-refractivity contribution in [3.8, 4) is 0 Å². The van der Waals surface area contributed by atoms with Crippen LogP contribution in [0.15, 0.2) is 54.6 Å². The van der Waals surface area contributed by atoms with Crippen LogP contribution in [0.5, 0.6) is 0 Å². The van der Waals surface area contributed by atoms with Crippen molar-refractivity contribution in [3.05, 3.63) is 70.7 Å². The van der Waals surface area contributed by atoms with Crippen molar-refractivity contribution in [2.75, 3.05) is 0 Å². The third-order valence-corrected chi connectivity index (χ3v) is 9.52. The summed E-state index contributed by atoms with van der Waals surface area (Å²) in [5, 5.41) is 2.14. The third kappa shape index (κ3) is 4.48. The molecule has 2 aromatic rings. The van der Waals surface area contributed by atoms with Crippen LogP contribution in [0.3, 0.4) is 0 Å². The van der Waals surface area contributed by atoms with Crippen molar-refractivity contribution >= 4 is 67.0 Å². The summed E-state index contributed by atoms with van der Waals surface area (Å²) in [5.74, 6) is -3.05. The van der Waals surface area contributed by atoms with Gasteiger partial charge in [-0.3, -0.25) is 19.2 Å². The number of hydrazine groups is 1. The van der Waals surface area contributed by atoms with Gasteiger partial charge in [-0.15, -0.1) is 0 Å². The molecule has 1 aliphatic heterocycles. The number of ketones is 1. The number of carbonyl (C=O) groups excluding carboxylic acids is 4. The lowest BCUT2D eigenvalue weighted by molar-refractivity contribution is -0.156. The largest absolute Gasteiger partial charge is 0.292 e. The van der Waals surface area contributed by atoms with Crippen LogP contribution in [0.25, 0.3) is 0 Å². The van der Waals surface area contributed by atoms with Crippen molar-refractivity contribution in [2.24, 2.45) is 11.8 Å². The second-order valence-electron chi connectivity index (χ2n) is 8.49. The highest BCUT2D eigenvalue weighted by Gasteiger charge is 2.56. The summed E-state index contributed by atoms with van der Waals surface area (Å²) in [7, 11) is 0. The highest BCUT2D eigenvalue weighted by Crippen LogP contribution is 2.44. The Balaban J connectivity index is 1.80. The maximum Gasteiger partial charge on any atom is 0.275 e. The zero-order chi connectivity index (χ0) is 24.6. The number of carbonyl (C=O) groups is 4. The number of Topliss-reactive ketones (excluding diaryl/α,β-unsaturated/α-hetero) is 1. The van der Waals surface area contributed by atoms with E-state index in [-0.39, 0.29) is 32.4 Å². The SMILES string of the molecule is CC[C@H](C(=O)c1ccccc1)N(C(=O)c1ccccc1Cl)N1C(=O)[C@@H]2C[C@H](Br)[C@@H](Br)C[C@H]2C1=O. The molecular formula is C25H23Br2ClN2O4. The number of fused-ring (bicyclic) bond motifs is 1. The van der Waals surface area contributed by atoms with Gasteiger partial charge in [-0.05, 0) is 31.4 Å². The highest BCUT2D eigenvalue weighted by atomic mass is 79.9. The molecule has 9 heteroatoms. The van der Waals surface area contributed by atoms with E-state index >= 15 is 0 Å². The quantitative estimate of drug-likeness (QED) is 0.254. The molecule has 3 amide bonds. The molecule has 1 aliphatic carbocycles. The Morgan fingerprint density at radius 3 is 2.03 bits per heavy atom. The topological polar surface area (TPSA) is 74.8 Å². The number of nitrogens with zero attached hydrogens (tertiary/aromatic N) is 2. The summed E-state index contributed by atoms with van der Waals surface area (Å²) in [6.45, 7) is 1.75. The van der Waals surface area contributed by atoms with E-state index in [0.29, 0.717) is 18.4 Å². The number of benzene rings is 2. The second kappa shape index (κ2) is 10.3. The molecule has 5 atom stereocenters. The number of imide groups is 1. The molecule has 0 unspecified atom stereocenters. The lowest BCUT2D eigenvalue weighted by Gasteiger charge is -2.36. The van der Waals surface area contributed by atoms with Crippen LogP contribution >= 0.6 is 43.5 Å². The van der Waals surface area contributed by atoms with Gasteiger partial charge in [0.1, 0.15) is 6.04 Å². The van der Waals surface area contributed by atoms with Crippen molar-refractivity contribution in [3.63, 3.8) is 0 Å². The van der Waals surface area contributed by atoms with Gasteiger partial charge in [0.2, 0.25) is 0 Å². The monoisotopic (exact) mass is 608 g/mol. The van der Waals surface area contributed by atoms with Gasteiger partial charge in [0.05, 0.1) is 22.4 Å². The molecule has 178 valence electrons. The zero-order valence-corrected chi connectivity index (χ0v) is 22.3. The van der Waals surface area contributed by atoms with Crippen LogP contribution in [-0.4, -0.2) is 49.2 Å². The summed E-state index contributed by atoms with van der Waals surface area (Å²) in [6, 6.07) is 13.9. The molecule has 1 saturated carbocycles. The fraction of sp³-hybridized carbons (Fsp3) is 0.360. The minimum atomic E-state index is -1.06. The van der Waals surface area contributed by atoms with Crippen molar-refractivity contribution < 1.29 is 19.2 Å². The molecule has 2 aliphatic rings. The van der Waals surface area contributed by atoms with E-state index in [4.69, 9.17) is 11.6 Å². The average molecular weight is 611 g/mol. The predicted octanol–water partition coefficient (Wildman–Crippen LogP) is 5.28. The Morgan fingerprint density at radius 1 is 0.971 bits per heavy atom. The number of amides is 3. The van der Waals surface area contributed by atoms with Crippen LogP contribution in [0.2, 0.25) is 5.02 Å². The normalized spacial score (nSPS) is 25.1. The van der Waals surface area contributed by atoms with Crippen molar-refractivity contribution in [2.45, 2.75) is 41.9 Å². The molecular weight excluding hydrogens is 588 g/mol. The number of hydrogen-bond donors (Lipinski definition) is 0. The first-order valence-corrected chi connectivity index (χ1v) is 13.3. The standard InChI is InChI=1S/C25H23Br2ClN2O4/c1-2-21(22(31)14-8-4-3-5-9-14)29(23(32)15-10-6-7-11-20(15)28)30-24(33)16-12-18(26)19(27)13-17(16)25(30)34/h3-11,16-19,21H,2,12-13H2,1H3/t16-,17-,18+,19+,21-/m1/s1. The number of hydrogen-bond acceptors (Lipinski definition) is 4. The first-order valence-electron chi connectivity index (χ1n) is 11.1. The Hall–Kier alpha value is -2.03. The molecule has 34 heavy (non-hydrogen) atoms. The molecule has 6 nitrogen and oxygen atoms in total. The maximum atomic E-state index is 13.8. The molecule has 0 spiro atoms. The van der Waals surface area contributed by atoms with E-state index in [2.05, 4.69) is 31.9 Å². The zero-order valence-electron chi connectivity index (χ0n) is 18.4. The van der Waals surface area contributed by atoms with Gasteiger partial charge in [0, 0.05) is 15.2 Å². The van der Waals surface area contributed by atoms with E-state index in [9.17, 15) is 19.2 Å². The van der Waals surface area contributed by atoms with Gasteiger partial charge in [-0.1, -0.05) is 92.8 Å². The minimum absolute atomic E-state index is 0.0195. The average Bonchev–Trinajstić information content (AvgIpc) is 3.07. The predicted molar refractivity (Wildman–Crippen MR) is 136 cm³/mol. The molecule has 0 N–H and O–H groups in total. The molecule has 1 saturated heterocycles. The smallest absolute Gasteiger partial charge is 0.275 e. The molecule has 2 fully saturated rings. The molecule has 1 heterocycles. The van der Waals surface area contributed by atoms with Crippen LogP contribution in [-0.2, 0) is 9.59 Å². The van der Waals surface area contributed by atoms with Crippen LogP contribution < -0.4 is 0 Å². The Kier molecular flexibility index (Phi) is 7.60. The summed E-state index contributed by atoms with van der Waals surface area (Å²) in [6.07, 6.45) is 1.12. The Labute approximate surface area is 219 Å². The molecule has 2 aromatic carbocycles. The number of alkyl halides is 2. The third-order valence-electron chi connectivity index (χ3n) is 6.46. The van der Waals surface area contributed by atoms with Gasteiger partial charge in [0.25, 0.3) is 17.7 Å². The van der Waals surface area contributed by atoms with Crippen LogP contribution in [0.4, 0.5) is 0 Å². The van der Waals surface area contributed by atoms with Crippen LogP contribution in [0, 0.1) is 11.8 Å². The van der Waals surface area contributed by atoms with Gasteiger partial charge >= 0.3 is 0 Å². The molecule has 0 bridgehead atoms. The van der Waals surface area contributed by atoms with E-state index in [1.165, 1.54) is 6.07 Å². The van der Waals surface area contributed by atoms with E-state index < -0.39 is 35.6 Å². The van der Waals surface area contributed by atoms with Gasteiger partial charge in [-0.2, -0.15) is 5.01 Å². The van der Waals surface area contributed by atoms with Crippen molar-refractivity contribution in [1.82, 2.24) is 10.0 Å². The first-order chi connectivity index (χ1) is 16.3. The fourth-order valence-corrected chi connectivity index (χ4v) is 6.14. The first kappa shape index (κ1) is 25.1. The van der Waals surface area contributed by atoms with Crippen molar-refractivity contribution in [1.29, 1.82) is 0 Å². The Morgan fingerprint density at radius 2 is 1.50 bits per heavy atom. The fourth-order valence-electron chi connectivity index (χ4n) is 4.68. The summed E-state index contributed by atoms with van der Waals surface area (Å²) < 4.78 is 0. The van der Waals surface area contributed by atoms with Crippen LogP contribution in [0.1, 0.15) is 46.9 Å². The van der Waals surface area contributed by atoms with E-state index in [1.807, 2.05) is 0 Å². The van der Waals surface area contributed by atoms with E-state index in [1.54, 1.807) is 55.5 Å². The van der Waals surface area contributed by atoms with Gasteiger partial charge in [0.15, 0.2) is 5.78 Å². The lowest BCUT2D eigenvalue weighted by atomic mass is 9.81. The summed E-state index contributed by atoms with van der Waals surface area (Å²) in [4.78, 5) is 54.6. The summed E-state index contributed by atoms with van der Waals surface area (Å²) in [5.41, 5.74) is 0.513. The van der Waals surface area contributed by atoms with Gasteiger partial charge < -0.3 is 0 Å². The Bertz CT molecular complexity index is 1100. The number of halogens is 3. The minimum Gasteiger partial charge on any atom is -0.292 e. The molecule has 0 aromatic heterocycles. The van der Waals surface area contributed by atoms with E-state index in [0.717, 1.165) is 10.0 Å². The number of rotatable bonds is 6. The molecule has 4 rings (SSSR count). The van der Waals surface area contributed by atoms with Gasteiger partial charge in [-0.25, -0.2) is 5.01 Å². The lowest BCUT2D eigenvalue weighted by Crippen LogP contribution is -2.57. The highest BCUT2D eigenvalue weighted by molar-refractivity contribution is 9.12.